The van der Waals surface area contributed by atoms with Crippen LogP contribution in [0.5, 0.6) is 0 Å². The number of nitrogens with one attached hydrogen (secondary N) is 2. The van der Waals surface area contributed by atoms with Crippen LogP contribution in [0, 0.1) is 0 Å². The Bertz CT molecular complexity index is 426. The highest BCUT2D eigenvalue weighted by atomic mass is 32.2. The van der Waals surface area contributed by atoms with Gasteiger partial charge in [0.2, 0.25) is 5.95 Å². The Morgan fingerprint density at radius 3 is 2.85 bits per heavy atom. The van der Waals surface area contributed by atoms with E-state index < -0.39 is 0 Å². The Hall–Kier alpha value is -1.17. The third-order valence-corrected chi connectivity index (χ3v) is 4.79. The van der Waals surface area contributed by atoms with Crippen LogP contribution < -0.4 is 16.4 Å². The van der Waals surface area contributed by atoms with Gasteiger partial charge in [0.05, 0.1) is 0 Å². The number of aromatic nitrogens is 2. The molecule has 20 heavy (non-hydrogen) atoms. The van der Waals surface area contributed by atoms with Crippen molar-refractivity contribution in [1.82, 2.24) is 9.97 Å². The predicted molar refractivity (Wildman–Crippen MR) is 88.4 cm³/mol. The Kier molecular flexibility index (Phi) is 5.76. The molecule has 1 heterocycles. The molecule has 2 atom stereocenters. The summed E-state index contributed by atoms with van der Waals surface area (Å²) in [5.41, 5.74) is 5.79. The molecule has 0 bridgehead atoms. The molecule has 6 heteroatoms. The average Bonchev–Trinajstić information content (AvgIpc) is 2.84. The van der Waals surface area contributed by atoms with E-state index in [2.05, 4.69) is 34.4 Å². The summed E-state index contributed by atoms with van der Waals surface area (Å²) < 4.78 is 0. The molecule has 1 saturated carbocycles. The number of nitrogen functional groups attached to an aromatic ring is 1. The quantitative estimate of drug-likeness (QED) is 0.718. The summed E-state index contributed by atoms with van der Waals surface area (Å²) in [7, 11) is 0. The Morgan fingerprint density at radius 2 is 2.10 bits per heavy atom. The lowest BCUT2D eigenvalue weighted by atomic mass is 10.2. The van der Waals surface area contributed by atoms with E-state index in [1.54, 1.807) is 0 Å². The van der Waals surface area contributed by atoms with E-state index in [0.717, 1.165) is 30.4 Å². The van der Waals surface area contributed by atoms with E-state index >= 15 is 0 Å². The van der Waals surface area contributed by atoms with E-state index in [0.29, 0.717) is 17.2 Å². The Morgan fingerprint density at radius 1 is 1.30 bits per heavy atom. The topological polar surface area (TPSA) is 75.9 Å². The fourth-order valence-electron chi connectivity index (χ4n) is 2.58. The maximum atomic E-state index is 5.79. The highest BCUT2D eigenvalue weighted by molar-refractivity contribution is 7.99. The van der Waals surface area contributed by atoms with Gasteiger partial charge in [0.25, 0.3) is 0 Å². The highest BCUT2D eigenvalue weighted by Gasteiger charge is 2.27. The number of hydrogen-bond acceptors (Lipinski definition) is 6. The second kappa shape index (κ2) is 7.57. The summed E-state index contributed by atoms with van der Waals surface area (Å²) in [6.45, 7) is 5.24. The SMILES string of the molecule is CCCNc1cc(NC2CCCC2SCC)nc(N)n1. The fourth-order valence-corrected chi connectivity index (χ4v) is 3.78. The molecule has 1 fully saturated rings. The number of nitrogens with two attached hydrogens (primary N) is 1. The normalized spacial score (nSPS) is 21.9. The van der Waals surface area contributed by atoms with Crippen molar-refractivity contribution in [3.05, 3.63) is 6.07 Å². The van der Waals surface area contributed by atoms with E-state index in [1.165, 1.54) is 19.3 Å². The molecule has 1 aromatic heterocycles. The van der Waals surface area contributed by atoms with Crippen LogP contribution in [0.2, 0.25) is 0 Å². The van der Waals surface area contributed by atoms with Crippen LogP contribution in [0.25, 0.3) is 0 Å². The summed E-state index contributed by atoms with van der Waals surface area (Å²) >= 11 is 2.04. The first-order valence-electron chi connectivity index (χ1n) is 7.49. The maximum absolute atomic E-state index is 5.79. The Labute approximate surface area is 125 Å². The molecule has 5 nitrogen and oxygen atoms in total. The number of nitrogens with zero attached hydrogens (tertiary/aromatic N) is 2. The zero-order chi connectivity index (χ0) is 14.4. The molecule has 2 unspecified atom stereocenters. The van der Waals surface area contributed by atoms with E-state index in [9.17, 15) is 0 Å². The van der Waals surface area contributed by atoms with Gasteiger partial charge in [-0.05, 0) is 25.0 Å². The van der Waals surface area contributed by atoms with Crippen molar-refractivity contribution >= 4 is 29.3 Å². The summed E-state index contributed by atoms with van der Waals surface area (Å²) in [6, 6.07) is 2.45. The van der Waals surface area contributed by atoms with Crippen molar-refractivity contribution in [2.45, 2.75) is 50.8 Å². The first kappa shape index (κ1) is 15.2. The number of rotatable bonds is 7. The third kappa shape index (κ3) is 4.16. The van der Waals surface area contributed by atoms with Gasteiger partial charge in [-0.2, -0.15) is 21.7 Å². The third-order valence-electron chi connectivity index (χ3n) is 3.47. The van der Waals surface area contributed by atoms with Gasteiger partial charge in [0, 0.05) is 23.9 Å². The summed E-state index contributed by atoms with van der Waals surface area (Å²) in [4.78, 5) is 8.52. The van der Waals surface area contributed by atoms with Crippen molar-refractivity contribution in [2.75, 3.05) is 28.7 Å². The first-order chi connectivity index (χ1) is 9.72. The molecule has 112 valence electrons. The van der Waals surface area contributed by atoms with Crippen molar-refractivity contribution < 1.29 is 0 Å². The van der Waals surface area contributed by atoms with Crippen LogP contribution in [-0.4, -0.2) is 33.6 Å². The number of hydrogen-bond donors (Lipinski definition) is 3. The van der Waals surface area contributed by atoms with Crippen LogP contribution in [0.3, 0.4) is 0 Å². The molecule has 0 saturated heterocycles. The molecule has 0 spiro atoms. The Balaban J connectivity index is 2.02. The fraction of sp³-hybridized carbons (Fsp3) is 0.714. The minimum atomic E-state index is 0.325. The summed E-state index contributed by atoms with van der Waals surface area (Å²) in [5.74, 6) is 3.13. The minimum Gasteiger partial charge on any atom is -0.370 e. The zero-order valence-corrected chi connectivity index (χ0v) is 13.2. The smallest absolute Gasteiger partial charge is 0.223 e. The first-order valence-corrected chi connectivity index (χ1v) is 8.54. The lowest BCUT2D eigenvalue weighted by molar-refractivity contribution is 0.762. The van der Waals surface area contributed by atoms with Gasteiger partial charge >= 0.3 is 0 Å². The van der Waals surface area contributed by atoms with Crippen LogP contribution in [0.4, 0.5) is 17.6 Å². The second-order valence-corrected chi connectivity index (χ2v) is 6.62. The molecular weight excluding hydrogens is 270 g/mol. The zero-order valence-electron chi connectivity index (χ0n) is 12.4. The van der Waals surface area contributed by atoms with E-state index in [4.69, 9.17) is 5.73 Å². The molecule has 0 aromatic carbocycles. The van der Waals surface area contributed by atoms with Gasteiger partial charge in [-0.3, -0.25) is 0 Å². The lowest BCUT2D eigenvalue weighted by Gasteiger charge is -2.21. The van der Waals surface area contributed by atoms with Crippen molar-refractivity contribution in [3.63, 3.8) is 0 Å². The molecule has 0 amide bonds. The van der Waals surface area contributed by atoms with Crippen molar-refractivity contribution in [1.29, 1.82) is 0 Å². The monoisotopic (exact) mass is 295 g/mol. The standard InChI is InChI=1S/C14H25N5S/c1-3-8-16-12-9-13(19-14(15)18-12)17-10-6-5-7-11(10)20-4-2/h9-11H,3-8H2,1-2H3,(H4,15,16,17,18,19). The average molecular weight is 295 g/mol. The molecule has 1 aromatic rings. The highest BCUT2D eigenvalue weighted by Crippen LogP contribution is 2.32. The molecule has 2 rings (SSSR count). The van der Waals surface area contributed by atoms with Gasteiger partial charge in [-0.15, -0.1) is 0 Å². The van der Waals surface area contributed by atoms with Gasteiger partial charge in [0.1, 0.15) is 11.6 Å². The van der Waals surface area contributed by atoms with Gasteiger partial charge < -0.3 is 16.4 Å². The minimum absolute atomic E-state index is 0.325. The predicted octanol–water partition coefficient (Wildman–Crippen LogP) is 2.97. The van der Waals surface area contributed by atoms with Gasteiger partial charge in [0.15, 0.2) is 0 Å². The van der Waals surface area contributed by atoms with Crippen molar-refractivity contribution in [2.24, 2.45) is 0 Å². The van der Waals surface area contributed by atoms with E-state index in [1.807, 2.05) is 17.8 Å². The maximum Gasteiger partial charge on any atom is 0.223 e. The van der Waals surface area contributed by atoms with Crippen LogP contribution in [0.15, 0.2) is 6.07 Å². The van der Waals surface area contributed by atoms with Gasteiger partial charge in [-0.25, -0.2) is 0 Å². The molecular formula is C14H25N5S. The second-order valence-electron chi connectivity index (χ2n) is 5.10. The molecule has 0 aliphatic heterocycles. The van der Waals surface area contributed by atoms with Crippen LogP contribution in [-0.2, 0) is 0 Å². The largest absolute Gasteiger partial charge is 0.370 e. The number of thioether (sulfide) groups is 1. The molecule has 1 aliphatic carbocycles. The summed E-state index contributed by atoms with van der Waals surface area (Å²) in [6.07, 6.45) is 4.85. The van der Waals surface area contributed by atoms with Crippen molar-refractivity contribution in [3.8, 4) is 0 Å². The van der Waals surface area contributed by atoms with E-state index in [-0.39, 0.29) is 0 Å². The molecule has 4 N–H and O–H groups in total. The van der Waals surface area contributed by atoms with Crippen LogP contribution in [0.1, 0.15) is 39.5 Å². The number of anilines is 3. The molecule has 0 radical (unpaired) electrons. The lowest BCUT2D eigenvalue weighted by Crippen LogP contribution is -2.27. The molecule has 1 aliphatic rings. The van der Waals surface area contributed by atoms with Gasteiger partial charge in [-0.1, -0.05) is 20.3 Å². The van der Waals surface area contributed by atoms with Crippen LogP contribution >= 0.6 is 11.8 Å². The summed E-state index contributed by atoms with van der Waals surface area (Å²) in [5, 5.41) is 7.49.